The lowest BCUT2D eigenvalue weighted by Gasteiger charge is -2.50. The molecule has 4 atom stereocenters. The van der Waals surface area contributed by atoms with E-state index >= 15 is 0 Å². The standard InChI is InChI=1S/C15H27IO2/c1-5-17-9-11(2)18-15(10-16)13-7-6-12(8-13)14(15,3)4/h11-13H,5-10H2,1-4H3. The van der Waals surface area contributed by atoms with Crippen LogP contribution in [-0.2, 0) is 9.47 Å². The lowest BCUT2D eigenvalue weighted by Crippen LogP contribution is -2.54. The van der Waals surface area contributed by atoms with E-state index in [0.717, 1.165) is 29.5 Å². The van der Waals surface area contributed by atoms with Gasteiger partial charge in [-0.2, -0.15) is 0 Å². The lowest BCUT2D eigenvalue weighted by molar-refractivity contribution is -0.175. The summed E-state index contributed by atoms with van der Waals surface area (Å²) in [5.74, 6) is 1.62. The molecule has 0 spiro atoms. The average molecular weight is 366 g/mol. The van der Waals surface area contributed by atoms with Crippen LogP contribution in [0.1, 0.15) is 47.0 Å². The first-order chi connectivity index (χ1) is 8.48. The molecule has 0 N–H and O–H groups in total. The van der Waals surface area contributed by atoms with Gasteiger partial charge in [0.2, 0.25) is 0 Å². The Bertz CT molecular complexity index is 292. The smallest absolute Gasteiger partial charge is 0.0857 e. The second-order valence-corrected chi connectivity index (χ2v) is 7.30. The van der Waals surface area contributed by atoms with Gasteiger partial charge in [-0.15, -0.1) is 0 Å². The second kappa shape index (κ2) is 5.57. The van der Waals surface area contributed by atoms with Gasteiger partial charge in [-0.3, -0.25) is 0 Å². The van der Waals surface area contributed by atoms with E-state index in [1.807, 2.05) is 6.92 Å². The van der Waals surface area contributed by atoms with Gasteiger partial charge in [0, 0.05) is 11.0 Å². The molecule has 2 nitrogen and oxygen atoms in total. The third-order valence-corrected chi connectivity index (χ3v) is 6.50. The van der Waals surface area contributed by atoms with Crippen molar-refractivity contribution in [3.05, 3.63) is 0 Å². The number of halogens is 1. The monoisotopic (exact) mass is 366 g/mol. The molecule has 2 bridgehead atoms. The zero-order chi connectivity index (χ0) is 13.4. The molecule has 18 heavy (non-hydrogen) atoms. The van der Waals surface area contributed by atoms with Crippen LogP contribution < -0.4 is 0 Å². The summed E-state index contributed by atoms with van der Waals surface area (Å²) in [5.41, 5.74) is 0.393. The van der Waals surface area contributed by atoms with Gasteiger partial charge in [-0.1, -0.05) is 36.4 Å². The Morgan fingerprint density at radius 3 is 2.44 bits per heavy atom. The topological polar surface area (TPSA) is 18.5 Å². The first kappa shape index (κ1) is 15.0. The Balaban J connectivity index is 2.10. The predicted molar refractivity (Wildman–Crippen MR) is 83.3 cm³/mol. The van der Waals surface area contributed by atoms with E-state index in [4.69, 9.17) is 9.47 Å². The molecule has 0 amide bonds. The van der Waals surface area contributed by atoms with Crippen LogP contribution >= 0.6 is 22.6 Å². The van der Waals surface area contributed by atoms with Crippen molar-refractivity contribution in [2.24, 2.45) is 17.3 Å². The summed E-state index contributed by atoms with van der Waals surface area (Å²) in [7, 11) is 0. The Labute approximate surface area is 125 Å². The molecular weight excluding hydrogens is 339 g/mol. The molecule has 0 aromatic carbocycles. The summed E-state index contributed by atoms with van der Waals surface area (Å²) in [6.45, 7) is 10.5. The molecule has 2 saturated carbocycles. The Hall–Kier alpha value is 0.650. The molecule has 3 heteroatoms. The van der Waals surface area contributed by atoms with E-state index in [0.29, 0.717) is 5.41 Å². The van der Waals surface area contributed by atoms with Gasteiger partial charge in [-0.25, -0.2) is 0 Å². The number of hydrogen-bond donors (Lipinski definition) is 0. The first-order valence-corrected chi connectivity index (χ1v) is 8.82. The van der Waals surface area contributed by atoms with E-state index in [2.05, 4.69) is 43.4 Å². The fourth-order valence-electron chi connectivity index (χ4n) is 4.17. The van der Waals surface area contributed by atoms with Crippen LogP contribution in [0, 0.1) is 17.3 Å². The van der Waals surface area contributed by atoms with Crippen molar-refractivity contribution >= 4 is 22.6 Å². The van der Waals surface area contributed by atoms with Gasteiger partial charge in [-0.05, 0) is 50.4 Å². The van der Waals surface area contributed by atoms with Crippen LogP contribution in [0.3, 0.4) is 0 Å². The highest BCUT2D eigenvalue weighted by Gasteiger charge is 2.63. The van der Waals surface area contributed by atoms with E-state index < -0.39 is 0 Å². The summed E-state index contributed by atoms with van der Waals surface area (Å²) in [4.78, 5) is 0. The zero-order valence-corrected chi connectivity index (χ0v) is 14.3. The minimum atomic E-state index is 0.0764. The summed E-state index contributed by atoms with van der Waals surface area (Å²) in [6.07, 6.45) is 4.34. The third-order valence-electron chi connectivity index (χ3n) is 5.37. The van der Waals surface area contributed by atoms with Crippen molar-refractivity contribution in [1.82, 2.24) is 0 Å². The summed E-state index contributed by atoms with van der Waals surface area (Å²) in [5, 5.41) is 0. The molecule has 2 fully saturated rings. The van der Waals surface area contributed by atoms with E-state index in [9.17, 15) is 0 Å². The Kier molecular flexibility index (Phi) is 4.65. The molecule has 0 saturated heterocycles. The highest BCUT2D eigenvalue weighted by Crippen LogP contribution is 2.63. The number of fused-ring (bicyclic) bond motifs is 2. The van der Waals surface area contributed by atoms with Crippen LogP contribution in [0.2, 0.25) is 0 Å². The number of alkyl halides is 1. The largest absolute Gasteiger partial charge is 0.379 e. The predicted octanol–water partition coefficient (Wildman–Crippen LogP) is 4.06. The molecule has 2 aliphatic carbocycles. The van der Waals surface area contributed by atoms with Gasteiger partial charge in [0.25, 0.3) is 0 Å². The van der Waals surface area contributed by atoms with Gasteiger partial charge < -0.3 is 9.47 Å². The maximum Gasteiger partial charge on any atom is 0.0857 e. The van der Waals surface area contributed by atoms with Crippen LogP contribution in [-0.4, -0.2) is 29.3 Å². The Morgan fingerprint density at radius 2 is 1.94 bits per heavy atom. The molecule has 0 aromatic rings. The van der Waals surface area contributed by atoms with Gasteiger partial charge in [0.1, 0.15) is 0 Å². The Morgan fingerprint density at radius 1 is 1.28 bits per heavy atom. The quantitative estimate of drug-likeness (QED) is 0.522. The fourth-order valence-corrected chi connectivity index (χ4v) is 5.96. The van der Waals surface area contributed by atoms with Crippen LogP contribution in [0.15, 0.2) is 0 Å². The van der Waals surface area contributed by atoms with Crippen molar-refractivity contribution in [2.45, 2.75) is 58.7 Å². The average Bonchev–Trinajstić information content (AvgIpc) is 2.88. The maximum atomic E-state index is 6.57. The fraction of sp³-hybridized carbons (Fsp3) is 1.00. The second-order valence-electron chi connectivity index (χ2n) is 6.54. The molecule has 0 radical (unpaired) electrons. The molecule has 0 aromatic heterocycles. The van der Waals surface area contributed by atoms with Crippen molar-refractivity contribution in [2.75, 3.05) is 17.6 Å². The summed E-state index contributed by atoms with van der Waals surface area (Å²) < 4.78 is 13.2. The SMILES string of the molecule is CCOCC(C)OC1(CI)C2CCC(C2)C1(C)C. The molecule has 4 unspecified atom stereocenters. The van der Waals surface area contributed by atoms with Gasteiger partial charge in [0.15, 0.2) is 0 Å². The molecule has 2 aliphatic rings. The first-order valence-electron chi connectivity index (χ1n) is 7.29. The van der Waals surface area contributed by atoms with Crippen LogP contribution in [0.5, 0.6) is 0 Å². The number of rotatable bonds is 6. The highest BCUT2D eigenvalue weighted by molar-refractivity contribution is 14.1. The molecule has 2 rings (SSSR count). The molecule has 106 valence electrons. The van der Waals surface area contributed by atoms with E-state index in [1.165, 1.54) is 19.3 Å². The van der Waals surface area contributed by atoms with Crippen LogP contribution in [0.4, 0.5) is 0 Å². The normalized spacial score (nSPS) is 39.2. The molecule has 0 aliphatic heterocycles. The molecule has 0 heterocycles. The number of ether oxygens (including phenoxy) is 2. The highest BCUT2D eigenvalue weighted by atomic mass is 127. The maximum absolute atomic E-state index is 6.57. The van der Waals surface area contributed by atoms with E-state index in [-0.39, 0.29) is 11.7 Å². The zero-order valence-electron chi connectivity index (χ0n) is 12.2. The number of hydrogen-bond acceptors (Lipinski definition) is 2. The third kappa shape index (κ3) is 2.24. The van der Waals surface area contributed by atoms with E-state index in [1.54, 1.807) is 0 Å². The van der Waals surface area contributed by atoms with Crippen LogP contribution in [0.25, 0.3) is 0 Å². The van der Waals surface area contributed by atoms with Gasteiger partial charge in [0.05, 0.1) is 18.3 Å². The van der Waals surface area contributed by atoms with Crippen molar-refractivity contribution in [3.63, 3.8) is 0 Å². The summed E-state index contributed by atoms with van der Waals surface area (Å²) in [6, 6.07) is 0. The lowest BCUT2D eigenvalue weighted by atomic mass is 9.66. The van der Waals surface area contributed by atoms with Crippen molar-refractivity contribution < 1.29 is 9.47 Å². The summed E-state index contributed by atoms with van der Waals surface area (Å²) >= 11 is 2.53. The molecular formula is C15H27IO2. The van der Waals surface area contributed by atoms with Crippen molar-refractivity contribution in [1.29, 1.82) is 0 Å². The minimum absolute atomic E-state index is 0.0764. The minimum Gasteiger partial charge on any atom is -0.379 e. The van der Waals surface area contributed by atoms with Gasteiger partial charge >= 0.3 is 0 Å². The van der Waals surface area contributed by atoms with Crippen molar-refractivity contribution in [3.8, 4) is 0 Å².